The van der Waals surface area contributed by atoms with Crippen LogP contribution in [0.25, 0.3) is 0 Å². The smallest absolute Gasteiger partial charge is 0.246 e. The predicted octanol–water partition coefficient (Wildman–Crippen LogP) is 9.45. The molecule has 2 amide bonds. The Kier molecular flexibility index (Phi) is 17.9. The quantitative estimate of drug-likeness (QED) is 0.0246. The number of aliphatic hydroxyl groups excluding tert-OH is 1. The lowest BCUT2D eigenvalue weighted by atomic mass is 9.77. The number of amides is 2. The fourth-order valence-corrected chi connectivity index (χ4v) is 9.16. The summed E-state index contributed by atoms with van der Waals surface area (Å²) in [6.07, 6.45) is 3.62. The molecule has 356 valence electrons. The van der Waals surface area contributed by atoms with Gasteiger partial charge in [-0.2, -0.15) is 0 Å². The summed E-state index contributed by atoms with van der Waals surface area (Å²) in [7, 11) is 3.33. The fraction of sp³-hybridized carbons (Fsp3) is 0.254. The minimum absolute atomic E-state index is 0.104. The number of hydrogen-bond acceptors (Lipinski definition) is 8. The van der Waals surface area contributed by atoms with E-state index in [0.29, 0.717) is 50.9 Å². The van der Waals surface area contributed by atoms with E-state index in [1.807, 2.05) is 48.5 Å². The van der Waals surface area contributed by atoms with E-state index in [2.05, 4.69) is 143 Å². The number of carbonyl (C=O) groups excluding carboxylic acids is 2. The topological polar surface area (TPSA) is 147 Å². The van der Waals surface area contributed by atoms with Gasteiger partial charge in [0, 0.05) is 5.69 Å². The van der Waals surface area contributed by atoms with Gasteiger partial charge in [-0.1, -0.05) is 164 Å². The molecule has 2 atom stereocenters. The van der Waals surface area contributed by atoms with E-state index < -0.39 is 23.2 Å². The van der Waals surface area contributed by atoms with Crippen LogP contribution in [0.2, 0.25) is 0 Å². The number of methoxy groups -OCH3 is 2. The van der Waals surface area contributed by atoms with Gasteiger partial charge in [0.2, 0.25) is 11.8 Å². The highest BCUT2D eigenvalue weighted by Crippen LogP contribution is 2.39. The number of anilines is 1. The molecule has 0 aliphatic carbocycles. The third kappa shape index (κ3) is 12.3. The zero-order chi connectivity index (χ0) is 48.3. The Balaban J connectivity index is 1.02. The summed E-state index contributed by atoms with van der Waals surface area (Å²) < 4.78 is 11.0. The lowest BCUT2D eigenvalue weighted by Crippen LogP contribution is -2.50. The first kappa shape index (κ1) is 49.8. The summed E-state index contributed by atoms with van der Waals surface area (Å²) in [6, 6.07) is 63.3. The number of hydrogen-bond donors (Lipinski definition) is 6. The van der Waals surface area contributed by atoms with E-state index in [1.54, 1.807) is 38.5 Å². The highest BCUT2D eigenvalue weighted by molar-refractivity contribution is 5.97. The summed E-state index contributed by atoms with van der Waals surface area (Å²) in [5.41, 5.74) is 13.1. The van der Waals surface area contributed by atoms with Crippen molar-refractivity contribution in [3.05, 3.63) is 233 Å². The van der Waals surface area contributed by atoms with Crippen LogP contribution in [-0.4, -0.2) is 56.3 Å². The molecule has 7 aromatic carbocycles. The second-order valence-electron chi connectivity index (χ2n) is 17.3. The van der Waals surface area contributed by atoms with Crippen molar-refractivity contribution in [2.45, 2.75) is 68.3 Å². The molecule has 0 heterocycles. The largest absolute Gasteiger partial charge is 0.497 e. The summed E-state index contributed by atoms with van der Waals surface area (Å²) in [5.74, 6) is 0.853. The highest BCUT2D eigenvalue weighted by Gasteiger charge is 2.37. The molecule has 0 spiro atoms. The minimum Gasteiger partial charge on any atom is -0.497 e. The predicted molar refractivity (Wildman–Crippen MR) is 276 cm³/mol. The Morgan fingerprint density at radius 1 is 0.493 bits per heavy atom. The first-order valence-electron chi connectivity index (χ1n) is 23.9. The number of nitrogens with two attached hydrogens (primary N) is 1. The van der Waals surface area contributed by atoms with Crippen molar-refractivity contribution in [3.8, 4) is 11.5 Å². The summed E-state index contributed by atoms with van der Waals surface area (Å²) >= 11 is 0. The first-order valence-corrected chi connectivity index (χ1v) is 23.9. The summed E-state index contributed by atoms with van der Waals surface area (Å²) in [6.45, 7) is 1.15. The van der Waals surface area contributed by atoms with Gasteiger partial charge in [-0.05, 0) is 121 Å². The average molecular weight is 924 g/mol. The van der Waals surface area contributed by atoms with E-state index in [4.69, 9.17) is 15.2 Å². The Morgan fingerprint density at radius 3 is 1.25 bits per heavy atom. The monoisotopic (exact) mass is 923 g/mol. The van der Waals surface area contributed by atoms with E-state index in [-0.39, 0.29) is 18.4 Å². The van der Waals surface area contributed by atoms with Crippen LogP contribution < -0.4 is 36.5 Å². The highest BCUT2D eigenvalue weighted by atomic mass is 16.5. The summed E-state index contributed by atoms with van der Waals surface area (Å²) in [4.78, 5) is 27.8. The van der Waals surface area contributed by atoms with E-state index in [0.717, 1.165) is 56.9 Å². The molecule has 0 radical (unpaired) electrons. The number of benzene rings is 7. The van der Waals surface area contributed by atoms with E-state index in [9.17, 15) is 14.7 Å². The Hall–Kier alpha value is -7.08. The lowest BCUT2D eigenvalue weighted by Gasteiger charge is -2.37. The van der Waals surface area contributed by atoms with Crippen LogP contribution in [0.4, 0.5) is 5.69 Å². The van der Waals surface area contributed by atoms with Crippen LogP contribution in [0.3, 0.4) is 0 Å². The zero-order valence-corrected chi connectivity index (χ0v) is 39.7. The zero-order valence-electron chi connectivity index (χ0n) is 39.7. The van der Waals surface area contributed by atoms with Gasteiger partial charge in [-0.25, -0.2) is 0 Å². The van der Waals surface area contributed by atoms with Gasteiger partial charge in [0.15, 0.2) is 0 Å². The molecule has 0 saturated carbocycles. The lowest BCUT2D eigenvalue weighted by molar-refractivity contribution is -0.127. The molecule has 0 bridgehead atoms. The van der Waals surface area contributed by atoms with Crippen LogP contribution >= 0.6 is 0 Å². The molecule has 0 unspecified atom stereocenters. The van der Waals surface area contributed by atoms with Crippen molar-refractivity contribution in [1.29, 1.82) is 0 Å². The molecule has 69 heavy (non-hydrogen) atoms. The average Bonchev–Trinajstić information content (AvgIpc) is 3.41. The normalized spacial score (nSPS) is 12.4. The first-order chi connectivity index (χ1) is 33.8. The Morgan fingerprint density at radius 2 is 0.870 bits per heavy atom. The Labute approximate surface area is 407 Å². The maximum atomic E-state index is 14.0. The van der Waals surface area contributed by atoms with Crippen LogP contribution in [0.5, 0.6) is 11.5 Å². The van der Waals surface area contributed by atoms with Crippen molar-refractivity contribution in [1.82, 2.24) is 16.0 Å². The molecule has 0 saturated heterocycles. The van der Waals surface area contributed by atoms with Crippen molar-refractivity contribution in [3.63, 3.8) is 0 Å². The molecule has 10 nitrogen and oxygen atoms in total. The number of ether oxygens (including phenoxy) is 2. The number of carbonyl (C=O) groups is 2. The second kappa shape index (κ2) is 24.8. The second-order valence-corrected chi connectivity index (χ2v) is 17.3. The molecule has 0 aromatic heterocycles. The van der Waals surface area contributed by atoms with Gasteiger partial charge >= 0.3 is 0 Å². The van der Waals surface area contributed by atoms with Gasteiger partial charge in [0.05, 0.1) is 37.9 Å². The molecule has 0 aliphatic rings. The van der Waals surface area contributed by atoms with Gasteiger partial charge in [-0.15, -0.1) is 0 Å². The number of unbranched alkanes of at least 4 members (excludes halogenated alkanes) is 2. The maximum Gasteiger partial charge on any atom is 0.246 e. The standard InChI is InChI=1S/C59H65N5O5/c1-68-52-37-31-49(32-38-52)58(45-19-7-3-8-20-45,46-21-9-4-10-22-46)61-41-17-15-27-54(60)56(66)64-55(57(67)63-51-35-29-44(43-65)30-36-51)28-16-18-42-62-59(47-23-11-5-12-24-47,48-25-13-6-14-26-48)50-33-39-53(69-2)40-34-50/h3-14,19-26,29-40,54-55,61-62,65H,15-18,27-28,41-43,60H2,1-2H3,(H,63,67)(H,64,66)/t54-,55-/m0/s1. The summed E-state index contributed by atoms with van der Waals surface area (Å²) in [5, 5.41) is 23.4. The number of aliphatic hydroxyl groups is 1. The van der Waals surface area contributed by atoms with Crippen molar-refractivity contribution >= 4 is 17.5 Å². The van der Waals surface area contributed by atoms with Crippen LogP contribution in [0.1, 0.15) is 77.5 Å². The van der Waals surface area contributed by atoms with Crippen LogP contribution in [-0.2, 0) is 27.3 Å². The minimum atomic E-state index is -0.834. The molecular weight excluding hydrogens is 859 g/mol. The van der Waals surface area contributed by atoms with Crippen LogP contribution in [0.15, 0.2) is 194 Å². The number of rotatable bonds is 25. The molecule has 0 aliphatic heterocycles. The third-order valence-electron chi connectivity index (χ3n) is 12.9. The van der Waals surface area contributed by atoms with Gasteiger partial charge in [0.25, 0.3) is 0 Å². The molecular formula is C59H65N5O5. The van der Waals surface area contributed by atoms with Gasteiger partial charge < -0.3 is 30.9 Å². The van der Waals surface area contributed by atoms with Crippen molar-refractivity contribution in [2.75, 3.05) is 32.6 Å². The van der Waals surface area contributed by atoms with Gasteiger partial charge in [0.1, 0.15) is 17.5 Å². The number of nitrogens with one attached hydrogen (secondary N) is 4. The van der Waals surface area contributed by atoms with Crippen LogP contribution in [0, 0.1) is 0 Å². The molecule has 0 fully saturated rings. The van der Waals surface area contributed by atoms with Crippen molar-refractivity contribution < 1.29 is 24.2 Å². The van der Waals surface area contributed by atoms with E-state index >= 15 is 0 Å². The molecule has 7 rings (SSSR count). The SMILES string of the molecule is COc1ccc(C(NCCCC[C@H](NC(=O)[C@@H](N)CCCCNC(c2ccccc2)(c2ccccc2)c2ccc(OC)cc2)C(=O)Nc2ccc(CO)cc2)(c2ccccc2)c2ccccc2)cc1. The Bertz CT molecular complexity index is 2540. The van der Waals surface area contributed by atoms with Crippen molar-refractivity contribution in [2.24, 2.45) is 5.73 Å². The third-order valence-corrected chi connectivity index (χ3v) is 12.9. The molecule has 7 aromatic rings. The molecule has 7 N–H and O–H groups in total. The maximum absolute atomic E-state index is 14.0. The van der Waals surface area contributed by atoms with Gasteiger partial charge in [-0.3, -0.25) is 20.2 Å². The fourth-order valence-electron chi connectivity index (χ4n) is 9.16. The van der Waals surface area contributed by atoms with E-state index in [1.165, 1.54) is 0 Å². The molecule has 10 heteroatoms.